The molecule has 0 saturated carbocycles. The van der Waals surface area contributed by atoms with Crippen LogP contribution in [0.1, 0.15) is 42.7 Å². The summed E-state index contributed by atoms with van der Waals surface area (Å²) in [6.07, 6.45) is 1.67. The van der Waals surface area contributed by atoms with E-state index >= 15 is 0 Å². The van der Waals surface area contributed by atoms with Gasteiger partial charge in [0, 0.05) is 33.1 Å². The molecule has 0 atom stereocenters. The van der Waals surface area contributed by atoms with Crippen LogP contribution in [0.15, 0.2) is 36.5 Å². The summed E-state index contributed by atoms with van der Waals surface area (Å²) < 4.78 is 1.85. The molecular formula is C19H24N4O2. The second kappa shape index (κ2) is 7.09. The van der Waals surface area contributed by atoms with Crippen molar-refractivity contribution in [2.24, 2.45) is 0 Å². The topological polar surface area (TPSA) is 58.4 Å². The lowest BCUT2D eigenvalue weighted by atomic mass is 10.0. The van der Waals surface area contributed by atoms with Crippen LogP contribution >= 0.6 is 0 Å². The Morgan fingerprint density at radius 3 is 2.16 bits per heavy atom. The van der Waals surface area contributed by atoms with E-state index < -0.39 is 0 Å². The summed E-state index contributed by atoms with van der Waals surface area (Å²) in [7, 11) is 0. The molecule has 1 saturated heterocycles. The van der Waals surface area contributed by atoms with Gasteiger partial charge in [-0.2, -0.15) is 5.10 Å². The van der Waals surface area contributed by atoms with Crippen LogP contribution in [0.4, 0.5) is 0 Å². The van der Waals surface area contributed by atoms with Crippen LogP contribution < -0.4 is 0 Å². The van der Waals surface area contributed by atoms with Crippen LogP contribution in [-0.4, -0.2) is 57.6 Å². The Kier molecular flexibility index (Phi) is 4.88. The summed E-state index contributed by atoms with van der Waals surface area (Å²) in [6.45, 7) is 8.01. The Bertz CT molecular complexity index is 759. The molecule has 0 aliphatic carbocycles. The largest absolute Gasteiger partial charge is 0.339 e. The Morgan fingerprint density at radius 2 is 1.60 bits per heavy atom. The van der Waals surface area contributed by atoms with Crippen LogP contribution in [0.2, 0.25) is 0 Å². The van der Waals surface area contributed by atoms with Gasteiger partial charge in [0.25, 0.3) is 5.91 Å². The van der Waals surface area contributed by atoms with Gasteiger partial charge in [-0.3, -0.25) is 9.59 Å². The monoisotopic (exact) mass is 340 g/mol. The van der Waals surface area contributed by atoms with E-state index in [1.807, 2.05) is 39.9 Å². The molecule has 0 spiro atoms. The molecule has 6 heteroatoms. The van der Waals surface area contributed by atoms with Crippen LogP contribution in [0.25, 0.3) is 5.69 Å². The number of carbonyl (C=O) groups is 2. The number of nitrogens with zero attached hydrogens (tertiary/aromatic N) is 4. The van der Waals surface area contributed by atoms with E-state index in [-0.39, 0.29) is 17.7 Å². The number of hydrogen-bond donors (Lipinski definition) is 0. The second-order valence-electron chi connectivity index (χ2n) is 6.64. The molecule has 1 fully saturated rings. The third-order valence-electron chi connectivity index (χ3n) is 4.60. The fraction of sp³-hybridized carbons (Fsp3) is 0.421. The number of carbonyl (C=O) groups excluding carboxylic acids is 2. The van der Waals surface area contributed by atoms with Gasteiger partial charge in [-0.25, -0.2) is 4.68 Å². The average Bonchev–Trinajstić information content (AvgIpc) is 3.07. The molecule has 0 bridgehead atoms. The minimum absolute atomic E-state index is 0.00548. The molecule has 2 amide bonds. The Morgan fingerprint density at radius 1 is 1.00 bits per heavy atom. The molecule has 2 aromatic rings. The molecule has 1 aromatic carbocycles. The van der Waals surface area contributed by atoms with Gasteiger partial charge in [0.05, 0.1) is 23.1 Å². The van der Waals surface area contributed by atoms with Crippen molar-refractivity contribution in [2.45, 2.75) is 26.7 Å². The van der Waals surface area contributed by atoms with Gasteiger partial charge in [-0.1, -0.05) is 32.0 Å². The van der Waals surface area contributed by atoms with E-state index in [2.05, 4.69) is 18.9 Å². The predicted molar refractivity (Wildman–Crippen MR) is 95.8 cm³/mol. The van der Waals surface area contributed by atoms with Crippen LogP contribution in [0.3, 0.4) is 0 Å². The number of aromatic nitrogens is 2. The number of para-hydroxylation sites is 1. The second-order valence-corrected chi connectivity index (χ2v) is 6.64. The van der Waals surface area contributed by atoms with Crippen molar-refractivity contribution in [3.05, 3.63) is 47.8 Å². The van der Waals surface area contributed by atoms with Crippen molar-refractivity contribution < 1.29 is 9.59 Å². The maximum Gasteiger partial charge on any atom is 0.257 e. The van der Waals surface area contributed by atoms with Crippen molar-refractivity contribution in [2.75, 3.05) is 26.2 Å². The summed E-state index contributed by atoms with van der Waals surface area (Å²) >= 11 is 0. The molecule has 0 unspecified atom stereocenters. The van der Waals surface area contributed by atoms with Gasteiger partial charge >= 0.3 is 0 Å². The Hall–Kier alpha value is -2.63. The van der Waals surface area contributed by atoms with Crippen LogP contribution in [0.5, 0.6) is 0 Å². The fourth-order valence-electron chi connectivity index (χ4n) is 3.25. The van der Waals surface area contributed by atoms with E-state index in [9.17, 15) is 9.59 Å². The van der Waals surface area contributed by atoms with Gasteiger partial charge < -0.3 is 9.80 Å². The zero-order valence-electron chi connectivity index (χ0n) is 15.0. The average molecular weight is 340 g/mol. The molecule has 1 aromatic heterocycles. The first-order valence-corrected chi connectivity index (χ1v) is 8.67. The predicted octanol–water partition coefficient (Wildman–Crippen LogP) is 2.30. The number of hydrogen-bond acceptors (Lipinski definition) is 3. The Labute approximate surface area is 148 Å². The maximum absolute atomic E-state index is 13.0. The molecule has 1 aliphatic rings. The number of benzene rings is 1. The molecule has 2 heterocycles. The minimum atomic E-state index is -0.00548. The van der Waals surface area contributed by atoms with Crippen molar-refractivity contribution in [1.82, 2.24) is 19.6 Å². The normalized spacial score (nSPS) is 14.9. The van der Waals surface area contributed by atoms with E-state index in [1.54, 1.807) is 18.0 Å². The number of piperazine rings is 1. The quantitative estimate of drug-likeness (QED) is 0.861. The molecule has 132 valence electrons. The Balaban J connectivity index is 1.86. The molecule has 0 N–H and O–H groups in total. The smallest absolute Gasteiger partial charge is 0.257 e. The lowest BCUT2D eigenvalue weighted by Crippen LogP contribution is -2.50. The SMILES string of the molecule is CC(=O)N1CCN(C(=O)c2cnn(-c3ccccc3)c2C(C)C)CC1. The third kappa shape index (κ3) is 3.43. The van der Waals surface area contributed by atoms with E-state index in [4.69, 9.17) is 0 Å². The first-order valence-electron chi connectivity index (χ1n) is 8.67. The lowest BCUT2D eigenvalue weighted by Gasteiger charge is -2.34. The first kappa shape index (κ1) is 17.2. The maximum atomic E-state index is 13.0. The van der Waals surface area contributed by atoms with Crippen molar-refractivity contribution in [3.63, 3.8) is 0 Å². The summed E-state index contributed by atoms with van der Waals surface area (Å²) in [6, 6.07) is 9.85. The van der Waals surface area contributed by atoms with E-state index in [1.165, 1.54) is 0 Å². The fourth-order valence-corrected chi connectivity index (χ4v) is 3.25. The number of amides is 2. The van der Waals surface area contributed by atoms with Gasteiger partial charge in [0.15, 0.2) is 0 Å². The molecule has 6 nitrogen and oxygen atoms in total. The molecular weight excluding hydrogens is 316 g/mol. The van der Waals surface area contributed by atoms with E-state index in [0.29, 0.717) is 31.7 Å². The van der Waals surface area contributed by atoms with Gasteiger partial charge in [-0.05, 0) is 18.1 Å². The van der Waals surface area contributed by atoms with Gasteiger partial charge in [-0.15, -0.1) is 0 Å². The molecule has 1 aliphatic heterocycles. The standard InChI is InChI=1S/C19H24N4O2/c1-14(2)18-17(13-20-23(18)16-7-5-4-6-8-16)19(25)22-11-9-21(10-12-22)15(3)24/h4-8,13-14H,9-12H2,1-3H3. The highest BCUT2D eigenvalue weighted by atomic mass is 16.2. The van der Waals surface area contributed by atoms with Crippen LogP contribution in [-0.2, 0) is 4.79 Å². The summed E-state index contributed by atoms with van der Waals surface area (Å²) in [5, 5.41) is 4.47. The van der Waals surface area contributed by atoms with Gasteiger partial charge in [0.1, 0.15) is 0 Å². The number of rotatable bonds is 3. The zero-order valence-corrected chi connectivity index (χ0v) is 15.0. The summed E-state index contributed by atoms with van der Waals surface area (Å²) in [5.74, 6) is 0.223. The third-order valence-corrected chi connectivity index (χ3v) is 4.60. The molecule has 0 radical (unpaired) electrons. The van der Waals surface area contributed by atoms with Crippen molar-refractivity contribution in [3.8, 4) is 5.69 Å². The minimum Gasteiger partial charge on any atom is -0.339 e. The zero-order chi connectivity index (χ0) is 18.0. The molecule has 3 rings (SSSR count). The van der Waals surface area contributed by atoms with Crippen LogP contribution in [0, 0.1) is 0 Å². The molecule has 25 heavy (non-hydrogen) atoms. The van der Waals surface area contributed by atoms with Crippen molar-refractivity contribution >= 4 is 11.8 Å². The van der Waals surface area contributed by atoms with Gasteiger partial charge in [0.2, 0.25) is 5.91 Å². The highest BCUT2D eigenvalue weighted by Crippen LogP contribution is 2.24. The van der Waals surface area contributed by atoms with Crippen molar-refractivity contribution in [1.29, 1.82) is 0 Å². The first-order chi connectivity index (χ1) is 12.0. The highest BCUT2D eigenvalue weighted by molar-refractivity contribution is 5.95. The summed E-state index contributed by atoms with van der Waals surface area (Å²) in [4.78, 5) is 28.1. The summed E-state index contributed by atoms with van der Waals surface area (Å²) in [5.41, 5.74) is 2.52. The highest BCUT2D eigenvalue weighted by Gasteiger charge is 2.28. The lowest BCUT2D eigenvalue weighted by molar-refractivity contribution is -0.130. The van der Waals surface area contributed by atoms with E-state index in [0.717, 1.165) is 11.4 Å².